The first-order valence-corrected chi connectivity index (χ1v) is 17.7. The second-order valence-electron chi connectivity index (χ2n) is 11.7. The van der Waals surface area contributed by atoms with Crippen LogP contribution in [0, 0.1) is 0 Å². The van der Waals surface area contributed by atoms with E-state index in [1.54, 1.807) is 50.2 Å². The largest absolute Gasteiger partial charge is 0.587 e. The van der Waals surface area contributed by atoms with E-state index in [9.17, 15) is 19.3 Å². The number of carbonyl (C=O) groups is 2. The van der Waals surface area contributed by atoms with Crippen LogP contribution in [0.1, 0.15) is 51.0 Å². The zero-order valence-electron chi connectivity index (χ0n) is 28.3. The number of nitrogen functional groups attached to an aromatic ring is 2. The highest BCUT2D eigenvalue weighted by Crippen LogP contribution is 2.52. The lowest BCUT2D eigenvalue weighted by molar-refractivity contribution is -0.144. The van der Waals surface area contributed by atoms with Crippen molar-refractivity contribution in [2.45, 2.75) is 70.6 Å². The Labute approximate surface area is 292 Å². The van der Waals surface area contributed by atoms with Crippen LogP contribution in [-0.4, -0.2) is 74.3 Å². The molecule has 4 atom stereocenters. The van der Waals surface area contributed by atoms with E-state index in [1.807, 2.05) is 0 Å². The summed E-state index contributed by atoms with van der Waals surface area (Å²) in [5.74, 6) is -0.920. The first kappa shape index (κ1) is 37.4. The molecule has 51 heavy (non-hydrogen) atoms. The third-order valence-corrected chi connectivity index (χ3v) is 9.31. The number of aliphatic hydroxyl groups excluding tert-OH is 1. The Balaban J connectivity index is 1.42. The summed E-state index contributed by atoms with van der Waals surface area (Å²) in [6, 6.07) is 13.1. The molecule has 0 spiro atoms. The van der Waals surface area contributed by atoms with Gasteiger partial charge in [0, 0.05) is 12.8 Å². The minimum absolute atomic E-state index is 0.0145. The average molecular weight is 731 g/mol. The van der Waals surface area contributed by atoms with E-state index < -0.39 is 50.5 Å². The van der Waals surface area contributed by atoms with Crippen molar-refractivity contribution in [1.82, 2.24) is 19.5 Å². The van der Waals surface area contributed by atoms with Crippen molar-refractivity contribution in [1.29, 1.82) is 0 Å². The van der Waals surface area contributed by atoms with E-state index in [-0.39, 0.29) is 73.3 Å². The molecule has 18 heteroatoms. The average Bonchev–Trinajstić information content (AvgIpc) is 3.60. The highest BCUT2D eigenvalue weighted by atomic mass is 31.2. The van der Waals surface area contributed by atoms with Gasteiger partial charge in [-0.15, -0.1) is 0 Å². The Bertz CT molecular complexity index is 1840. The molecule has 4 aromatic rings. The van der Waals surface area contributed by atoms with E-state index in [4.69, 9.17) is 39.2 Å². The molecule has 1 aliphatic heterocycles. The fraction of sp³-hybridized carbons (Fsp3) is 0.424. The molecule has 0 radical (unpaired) electrons. The molecule has 2 aromatic heterocycles. The number of benzene rings is 2. The fourth-order valence-corrected chi connectivity index (χ4v) is 6.80. The predicted molar refractivity (Wildman–Crippen MR) is 181 cm³/mol. The van der Waals surface area contributed by atoms with Crippen molar-refractivity contribution in [3.63, 3.8) is 0 Å². The Morgan fingerprint density at radius 1 is 0.961 bits per heavy atom. The van der Waals surface area contributed by atoms with Gasteiger partial charge >= 0.3 is 19.8 Å². The highest BCUT2D eigenvalue weighted by Gasteiger charge is 2.56. The fourth-order valence-electron chi connectivity index (χ4n) is 5.49. The van der Waals surface area contributed by atoms with E-state index in [1.165, 1.54) is 23.0 Å². The number of esters is 2. The number of nitrogens with two attached hydrogens (primary N) is 2. The number of aromatic nitrogens is 4. The molecular weight excluding hydrogens is 690 g/mol. The quantitative estimate of drug-likeness (QED) is 0.108. The van der Waals surface area contributed by atoms with E-state index in [2.05, 4.69) is 15.0 Å². The number of ether oxygens (including phenoxy) is 3. The number of rotatable bonds is 16. The van der Waals surface area contributed by atoms with Gasteiger partial charge in [-0.25, -0.2) is 13.9 Å². The van der Waals surface area contributed by atoms with Crippen LogP contribution < -0.4 is 20.5 Å². The molecule has 0 aliphatic carbocycles. The van der Waals surface area contributed by atoms with Gasteiger partial charge in [0.05, 0.1) is 26.1 Å². The van der Waals surface area contributed by atoms with Crippen LogP contribution in [-0.2, 0) is 45.7 Å². The van der Waals surface area contributed by atoms with Crippen LogP contribution in [0.25, 0.3) is 11.2 Å². The summed E-state index contributed by atoms with van der Waals surface area (Å²) < 4.78 is 65.8. The molecule has 0 bridgehead atoms. The molecule has 2 aromatic carbocycles. The van der Waals surface area contributed by atoms with Gasteiger partial charge in [0.25, 0.3) is 0 Å². The van der Waals surface area contributed by atoms with Crippen LogP contribution in [0.2, 0.25) is 0 Å². The van der Waals surface area contributed by atoms with E-state index in [0.717, 1.165) is 6.92 Å². The number of phosphoric acid groups is 1. The summed E-state index contributed by atoms with van der Waals surface area (Å²) in [4.78, 5) is 36.3. The maximum Gasteiger partial charge on any atom is 0.587 e. The normalized spacial score (nSPS) is 20.3. The maximum absolute atomic E-state index is 16.2. The molecule has 1 fully saturated rings. The first-order chi connectivity index (χ1) is 24.3. The van der Waals surface area contributed by atoms with Crippen LogP contribution in [0.3, 0.4) is 0 Å². The van der Waals surface area contributed by atoms with Crippen molar-refractivity contribution in [2.75, 3.05) is 31.3 Å². The summed E-state index contributed by atoms with van der Waals surface area (Å²) in [6.07, 6.45) is -3.10. The zero-order valence-corrected chi connectivity index (χ0v) is 29.2. The van der Waals surface area contributed by atoms with Crippen molar-refractivity contribution in [3.05, 3.63) is 66.0 Å². The molecular formula is C33H40FN6O10P. The van der Waals surface area contributed by atoms with E-state index in [0.29, 0.717) is 11.1 Å². The number of anilines is 2. The van der Waals surface area contributed by atoms with Gasteiger partial charge in [0.1, 0.15) is 29.2 Å². The SMILES string of the molecule is CCOC(=O)CCc1ccccc1OP(=O)(OC[C@H]1O[C@@H](n2cnc3c(N)nc(N)nc32)[C@@](C)(F)[C@H]1O)Oc1ccccc1CCC(=O)OCC. The van der Waals surface area contributed by atoms with Gasteiger partial charge in [-0.1, -0.05) is 36.4 Å². The van der Waals surface area contributed by atoms with Gasteiger partial charge in [0.2, 0.25) is 5.95 Å². The molecule has 0 amide bonds. The standard InChI is InChI=1S/C33H40FN6O10P/c1-4-45-25(41)16-14-20-10-6-8-12-22(20)49-51(44,50-23-13-9-7-11-21(23)15-17-26(42)46-5-2)47-18-24-28(43)33(3,34)31(48-24)40-19-37-27-29(35)38-32(36)39-30(27)40/h6-13,19,24,28,31,43H,4-5,14-18H2,1-3H3,(H4,35,36,38,39)/t24-,28+,31-,33+/m1/s1. The monoisotopic (exact) mass is 730 g/mol. The van der Waals surface area contributed by atoms with Crippen molar-refractivity contribution in [3.8, 4) is 11.5 Å². The minimum Gasteiger partial charge on any atom is -0.466 e. The smallest absolute Gasteiger partial charge is 0.466 e. The number of para-hydroxylation sites is 2. The molecule has 5 rings (SSSR count). The molecule has 0 unspecified atom stereocenters. The highest BCUT2D eigenvalue weighted by molar-refractivity contribution is 7.49. The lowest BCUT2D eigenvalue weighted by Gasteiger charge is -2.25. The van der Waals surface area contributed by atoms with Gasteiger partial charge in [-0.3, -0.25) is 18.7 Å². The van der Waals surface area contributed by atoms with Gasteiger partial charge in [-0.2, -0.15) is 9.97 Å². The Hall–Kier alpha value is -4.83. The van der Waals surface area contributed by atoms with Gasteiger partial charge < -0.3 is 39.8 Å². The summed E-state index contributed by atoms with van der Waals surface area (Å²) in [5, 5.41) is 11.1. The lowest BCUT2D eigenvalue weighted by Crippen LogP contribution is -2.40. The van der Waals surface area contributed by atoms with Crippen molar-refractivity contribution in [2.24, 2.45) is 0 Å². The number of aliphatic hydroxyl groups is 1. The molecule has 5 N–H and O–H groups in total. The van der Waals surface area contributed by atoms with Crippen LogP contribution >= 0.6 is 7.82 Å². The Kier molecular flexibility index (Phi) is 11.8. The van der Waals surface area contributed by atoms with Crippen molar-refractivity contribution >= 4 is 42.7 Å². The molecule has 1 aliphatic rings. The molecule has 3 heterocycles. The third-order valence-electron chi connectivity index (χ3n) is 8.01. The number of phosphoric ester groups is 1. The van der Waals surface area contributed by atoms with Crippen LogP contribution in [0.5, 0.6) is 11.5 Å². The van der Waals surface area contributed by atoms with Gasteiger partial charge in [-0.05, 0) is 56.9 Å². The summed E-state index contributed by atoms with van der Waals surface area (Å²) >= 11 is 0. The van der Waals surface area contributed by atoms with Crippen molar-refractivity contribution < 1.29 is 51.4 Å². The first-order valence-electron chi connectivity index (χ1n) is 16.2. The number of alkyl halides is 1. The minimum atomic E-state index is -4.71. The molecule has 16 nitrogen and oxygen atoms in total. The number of halogens is 1. The molecule has 274 valence electrons. The molecule has 0 saturated carbocycles. The second-order valence-corrected chi connectivity index (χ2v) is 13.2. The number of nitrogens with zero attached hydrogens (tertiary/aromatic N) is 4. The summed E-state index contributed by atoms with van der Waals surface area (Å²) in [7, 11) is -4.71. The second kappa shape index (κ2) is 16.0. The summed E-state index contributed by atoms with van der Waals surface area (Å²) in [6.45, 7) is 4.26. The number of hydrogen-bond acceptors (Lipinski definition) is 15. The number of hydrogen-bond donors (Lipinski definition) is 3. The topological polar surface area (TPSA) is 222 Å². The lowest BCUT2D eigenvalue weighted by atomic mass is 9.98. The van der Waals surface area contributed by atoms with E-state index >= 15 is 4.39 Å². The van der Waals surface area contributed by atoms with Gasteiger partial charge in [0.15, 0.2) is 23.4 Å². The summed E-state index contributed by atoms with van der Waals surface area (Å²) in [5.41, 5.74) is 10.4. The predicted octanol–water partition coefficient (Wildman–Crippen LogP) is 4.25. The third kappa shape index (κ3) is 8.73. The zero-order chi connectivity index (χ0) is 36.8. The Morgan fingerprint density at radius 3 is 2.06 bits per heavy atom. The van der Waals surface area contributed by atoms with Crippen LogP contribution in [0.4, 0.5) is 16.2 Å². The molecule has 1 saturated heterocycles. The number of fused-ring (bicyclic) bond motifs is 1. The van der Waals surface area contributed by atoms with Crippen LogP contribution in [0.15, 0.2) is 54.9 Å². The number of aryl methyl sites for hydroxylation is 2. The number of imidazole rings is 1. The maximum atomic E-state index is 16.2. The Morgan fingerprint density at radius 2 is 1.51 bits per heavy atom. The number of carbonyl (C=O) groups excluding carboxylic acids is 2.